The van der Waals surface area contributed by atoms with Gasteiger partial charge >= 0.3 is 0 Å². The Hall–Kier alpha value is -3.04. The number of hydrogen-bond acceptors (Lipinski definition) is 4. The molecule has 0 bridgehead atoms. The molecular formula is C19H13ClF2N4O2S. The Morgan fingerprint density at radius 2 is 1.86 bits per heavy atom. The van der Waals surface area contributed by atoms with Gasteiger partial charge in [-0.15, -0.1) is 0 Å². The predicted octanol–water partition coefficient (Wildman–Crippen LogP) is 4.37. The van der Waals surface area contributed by atoms with Gasteiger partial charge in [-0.3, -0.25) is 9.40 Å². The van der Waals surface area contributed by atoms with Gasteiger partial charge in [0.15, 0.2) is 5.15 Å². The van der Waals surface area contributed by atoms with Gasteiger partial charge in [-0.1, -0.05) is 17.7 Å². The third-order valence-electron chi connectivity index (χ3n) is 4.22. The first-order valence-electron chi connectivity index (χ1n) is 8.30. The van der Waals surface area contributed by atoms with Gasteiger partial charge in [-0.25, -0.2) is 22.2 Å². The van der Waals surface area contributed by atoms with E-state index in [1.165, 1.54) is 12.3 Å². The van der Waals surface area contributed by atoms with Crippen molar-refractivity contribution in [3.63, 3.8) is 0 Å². The number of nitrogens with zero attached hydrogens (tertiary/aromatic N) is 3. The molecule has 0 saturated carbocycles. The number of pyridine rings is 1. The Labute approximate surface area is 169 Å². The van der Waals surface area contributed by atoms with Gasteiger partial charge in [-0.2, -0.15) is 5.10 Å². The lowest BCUT2D eigenvalue weighted by atomic mass is 10.1. The molecule has 0 atom stereocenters. The molecule has 148 valence electrons. The SMILES string of the molecule is Cn1cc2cc(-c3cnc(Cl)c(NS(=O)(=O)c4ccc(F)cc4F)c3)ccc2n1. The lowest BCUT2D eigenvalue weighted by Crippen LogP contribution is -2.15. The summed E-state index contributed by atoms with van der Waals surface area (Å²) in [6.45, 7) is 0. The highest BCUT2D eigenvalue weighted by atomic mass is 35.5. The Kier molecular flexibility index (Phi) is 4.71. The first-order valence-corrected chi connectivity index (χ1v) is 10.2. The monoisotopic (exact) mass is 434 g/mol. The first-order chi connectivity index (χ1) is 13.7. The van der Waals surface area contributed by atoms with E-state index in [-0.39, 0.29) is 10.8 Å². The van der Waals surface area contributed by atoms with Crippen LogP contribution in [0, 0.1) is 11.6 Å². The molecule has 0 fully saturated rings. The molecule has 2 heterocycles. The van der Waals surface area contributed by atoms with Crippen molar-refractivity contribution in [1.29, 1.82) is 0 Å². The fourth-order valence-electron chi connectivity index (χ4n) is 2.90. The molecular weight excluding hydrogens is 422 g/mol. The number of fused-ring (bicyclic) bond motifs is 1. The van der Waals surface area contributed by atoms with Crippen LogP contribution in [-0.2, 0) is 17.1 Å². The quantitative estimate of drug-likeness (QED) is 0.484. The number of halogens is 3. The van der Waals surface area contributed by atoms with E-state index in [1.54, 1.807) is 4.68 Å². The van der Waals surface area contributed by atoms with Crippen LogP contribution < -0.4 is 4.72 Å². The summed E-state index contributed by atoms with van der Waals surface area (Å²) in [6.07, 6.45) is 3.35. The van der Waals surface area contributed by atoms with Crippen LogP contribution in [-0.4, -0.2) is 23.2 Å². The highest BCUT2D eigenvalue weighted by Gasteiger charge is 2.21. The lowest BCUT2D eigenvalue weighted by molar-refractivity contribution is 0.551. The van der Waals surface area contributed by atoms with E-state index in [0.717, 1.165) is 28.6 Å². The molecule has 0 amide bonds. The molecule has 6 nitrogen and oxygen atoms in total. The summed E-state index contributed by atoms with van der Waals surface area (Å²) < 4.78 is 56.0. The Balaban J connectivity index is 1.72. The zero-order chi connectivity index (χ0) is 20.8. The third kappa shape index (κ3) is 3.79. The molecule has 0 aliphatic heterocycles. The molecule has 2 aromatic heterocycles. The minimum absolute atomic E-state index is 0.0285. The minimum atomic E-state index is -4.34. The van der Waals surface area contributed by atoms with Crippen molar-refractivity contribution in [3.8, 4) is 11.1 Å². The molecule has 0 spiro atoms. The van der Waals surface area contributed by atoms with E-state index in [2.05, 4.69) is 14.8 Å². The number of aromatic nitrogens is 3. The van der Waals surface area contributed by atoms with Crippen molar-refractivity contribution in [3.05, 3.63) is 71.6 Å². The van der Waals surface area contributed by atoms with Crippen LogP contribution in [0.25, 0.3) is 22.0 Å². The van der Waals surface area contributed by atoms with E-state index >= 15 is 0 Å². The van der Waals surface area contributed by atoms with Crippen molar-refractivity contribution < 1.29 is 17.2 Å². The van der Waals surface area contributed by atoms with Crippen LogP contribution >= 0.6 is 11.6 Å². The summed E-state index contributed by atoms with van der Waals surface area (Å²) in [5.41, 5.74) is 2.14. The van der Waals surface area contributed by atoms with Crippen LogP contribution in [0.4, 0.5) is 14.5 Å². The summed E-state index contributed by atoms with van der Waals surface area (Å²) in [5.74, 6) is -2.09. The fraction of sp³-hybridized carbons (Fsp3) is 0.0526. The largest absolute Gasteiger partial charge is 0.276 e. The summed E-state index contributed by atoms with van der Waals surface area (Å²) in [7, 11) is -2.53. The van der Waals surface area contributed by atoms with Crippen LogP contribution in [0.3, 0.4) is 0 Å². The van der Waals surface area contributed by atoms with Crippen molar-refractivity contribution in [2.45, 2.75) is 4.90 Å². The Morgan fingerprint density at radius 1 is 1.07 bits per heavy atom. The standard InChI is InChI=1S/C19H13ClF2N4O2S/c1-26-10-13-6-11(2-4-16(13)24-26)12-7-17(19(20)23-9-12)25-29(27,28)18-5-3-14(21)8-15(18)22/h2-10,25H,1H3. The summed E-state index contributed by atoms with van der Waals surface area (Å²) in [4.78, 5) is 3.32. The van der Waals surface area contributed by atoms with E-state index in [1.807, 2.05) is 31.4 Å². The molecule has 2 aromatic carbocycles. The zero-order valence-corrected chi connectivity index (χ0v) is 16.5. The maximum atomic E-state index is 13.9. The summed E-state index contributed by atoms with van der Waals surface area (Å²) in [5, 5.41) is 5.09. The van der Waals surface area contributed by atoms with Gasteiger partial charge in [-0.05, 0) is 35.9 Å². The number of aryl methyl sites for hydroxylation is 1. The van der Waals surface area contributed by atoms with E-state index in [4.69, 9.17) is 11.6 Å². The average Bonchev–Trinajstić information content (AvgIpc) is 3.02. The van der Waals surface area contributed by atoms with Gasteiger partial charge in [0.2, 0.25) is 0 Å². The average molecular weight is 435 g/mol. The Bertz CT molecular complexity index is 1360. The molecule has 0 aliphatic rings. The molecule has 1 N–H and O–H groups in total. The fourth-order valence-corrected chi connectivity index (χ4v) is 4.22. The molecule has 29 heavy (non-hydrogen) atoms. The second-order valence-electron chi connectivity index (χ2n) is 6.32. The highest BCUT2D eigenvalue weighted by Crippen LogP contribution is 2.30. The second kappa shape index (κ2) is 7.09. The van der Waals surface area contributed by atoms with Gasteiger partial charge in [0, 0.05) is 36.5 Å². The maximum Gasteiger partial charge on any atom is 0.264 e. The normalized spacial score (nSPS) is 11.7. The molecule has 0 saturated heterocycles. The van der Waals surface area contributed by atoms with Crippen molar-refractivity contribution >= 4 is 38.2 Å². The number of anilines is 1. The van der Waals surface area contributed by atoms with Gasteiger partial charge in [0.1, 0.15) is 16.5 Å². The number of hydrogen-bond donors (Lipinski definition) is 1. The van der Waals surface area contributed by atoms with Gasteiger partial charge in [0.25, 0.3) is 10.0 Å². The molecule has 0 radical (unpaired) electrons. The number of rotatable bonds is 4. The number of benzene rings is 2. The summed E-state index contributed by atoms with van der Waals surface area (Å²) >= 11 is 6.04. The first kappa shape index (κ1) is 19.3. The van der Waals surface area contributed by atoms with Gasteiger partial charge < -0.3 is 0 Å². The van der Waals surface area contributed by atoms with Gasteiger partial charge in [0.05, 0.1) is 11.2 Å². The van der Waals surface area contributed by atoms with Crippen LogP contribution in [0.1, 0.15) is 0 Å². The minimum Gasteiger partial charge on any atom is -0.276 e. The van der Waals surface area contributed by atoms with Crippen molar-refractivity contribution in [1.82, 2.24) is 14.8 Å². The van der Waals surface area contributed by atoms with Crippen LogP contribution in [0.5, 0.6) is 0 Å². The summed E-state index contributed by atoms with van der Waals surface area (Å²) in [6, 6.07) is 9.21. The van der Waals surface area contributed by atoms with Crippen LogP contribution in [0.2, 0.25) is 5.15 Å². The van der Waals surface area contributed by atoms with E-state index in [0.29, 0.717) is 11.6 Å². The topological polar surface area (TPSA) is 76.9 Å². The number of sulfonamides is 1. The third-order valence-corrected chi connectivity index (χ3v) is 5.92. The van der Waals surface area contributed by atoms with E-state index < -0.39 is 26.6 Å². The molecule has 4 rings (SSSR count). The molecule has 0 aliphatic carbocycles. The molecule has 0 unspecified atom stereocenters. The molecule has 4 aromatic rings. The van der Waals surface area contributed by atoms with Crippen molar-refractivity contribution in [2.75, 3.05) is 4.72 Å². The smallest absolute Gasteiger partial charge is 0.264 e. The van der Waals surface area contributed by atoms with E-state index in [9.17, 15) is 17.2 Å². The second-order valence-corrected chi connectivity index (χ2v) is 8.33. The lowest BCUT2D eigenvalue weighted by Gasteiger charge is -2.11. The maximum absolute atomic E-state index is 13.9. The Morgan fingerprint density at radius 3 is 2.62 bits per heavy atom. The predicted molar refractivity (Wildman–Crippen MR) is 106 cm³/mol. The van der Waals surface area contributed by atoms with Crippen LogP contribution in [0.15, 0.2) is 59.8 Å². The highest BCUT2D eigenvalue weighted by molar-refractivity contribution is 7.92. The number of nitrogens with one attached hydrogen (secondary N) is 1. The van der Waals surface area contributed by atoms with Crippen molar-refractivity contribution in [2.24, 2.45) is 7.05 Å². The molecule has 10 heteroatoms. The zero-order valence-electron chi connectivity index (χ0n) is 14.9.